The molecule has 8 heteroatoms. The van der Waals surface area contributed by atoms with E-state index in [1.54, 1.807) is 36.5 Å². The molecule has 4 aromatic rings. The minimum Gasteiger partial charge on any atom is -0.493 e. The topological polar surface area (TPSA) is 128 Å². The van der Waals surface area contributed by atoms with Gasteiger partial charge in [0, 0.05) is 23.9 Å². The van der Waals surface area contributed by atoms with Crippen molar-refractivity contribution >= 4 is 23.0 Å². The summed E-state index contributed by atoms with van der Waals surface area (Å²) in [6.45, 7) is 0.580. The van der Waals surface area contributed by atoms with Crippen molar-refractivity contribution in [3.8, 4) is 17.1 Å². The van der Waals surface area contributed by atoms with Gasteiger partial charge < -0.3 is 21.2 Å². The van der Waals surface area contributed by atoms with Crippen LogP contribution in [-0.2, 0) is 6.42 Å². The number of hydrogen-bond donors (Lipinski definition) is 4. The van der Waals surface area contributed by atoms with E-state index < -0.39 is 0 Å². The highest BCUT2D eigenvalue weighted by Gasteiger charge is 2.11. The van der Waals surface area contributed by atoms with E-state index in [1.807, 2.05) is 30.3 Å². The van der Waals surface area contributed by atoms with Gasteiger partial charge in [-0.2, -0.15) is 0 Å². The second-order valence-electron chi connectivity index (χ2n) is 7.29. The van der Waals surface area contributed by atoms with Gasteiger partial charge in [-0.3, -0.25) is 20.6 Å². The van der Waals surface area contributed by atoms with Crippen molar-refractivity contribution in [3.05, 3.63) is 96.3 Å². The standard InChI is InChI=1S/C25H24N6O2/c26-21-15-23(29-16-24(21)31-27)22-14-18(10-12-28-22)25(32)30-19-6-8-20(9-7-19)33-13-11-17-4-2-1-3-5-17/h1-10,12,14-16,31H,11,13,27H2,(H2,26,29)(H,30,32). The number of hydrazine groups is 1. The molecule has 0 aliphatic rings. The number of pyridine rings is 2. The van der Waals surface area contributed by atoms with Crippen molar-refractivity contribution in [3.63, 3.8) is 0 Å². The summed E-state index contributed by atoms with van der Waals surface area (Å²) in [7, 11) is 0. The lowest BCUT2D eigenvalue weighted by Gasteiger charge is -2.10. The Labute approximate surface area is 191 Å². The summed E-state index contributed by atoms with van der Waals surface area (Å²) in [5.74, 6) is 5.87. The first kappa shape index (κ1) is 21.8. The third-order valence-corrected chi connectivity index (χ3v) is 4.99. The Kier molecular flexibility index (Phi) is 6.77. The molecule has 2 heterocycles. The summed E-state index contributed by atoms with van der Waals surface area (Å²) in [5, 5.41) is 2.88. The molecule has 4 rings (SSSR count). The molecule has 0 bridgehead atoms. The molecule has 1 amide bonds. The van der Waals surface area contributed by atoms with Crippen LogP contribution >= 0.6 is 0 Å². The molecule has 0 radical (unpaired) electrons. The van der Waals surface area contributed by atoms with E-state index in [2.05, 4.69) is 32.8 Å². The molecule has 0 spiro atoms. The smallest absolute Gasteiger partial charge is 0.255 e. The highest BCUT2D eigenvalue weighted by Crippen LogP contribution is 2.23. The van der Waals surface area contributed by atoms with Crippen LogP contribution in [0.2, 0.25) is 0 Å². The maximum absolute atomic E-state index is 12.7. The zero-order valence-electron chi connectivity index (χ0n) is 17.9. The molecule has 2 aromatic carbocycles. The third kappa shape index (κ3) is 5.63. The number of anilines is 3. The van der Waals surface area contributed by atoms with Crippen LogP contribution in [0.1, 0.15) is 15.9 Å². The van der Waals surface area contributed by atoms with Crippen molar-refractivity contribution < 1.29 is 9.53 Å². The number of nitrogens with one attached hydrogen (secondary N) is 2. The molecule has 0 fully saturated rings. The minimum atomic E-state index is -0.260. The van der Waals surface area contributed by atoms with Gasteiger partial charge in [0.2, 0.25) is 0 Å². The number of nitrogen functional groups attached to an aromatic ring is 2. The summed E-state index contributed by atoms with van der Waals surface area (Å²) in [6, 6.07) is 22.4. The lowest BCUT2D eigenvalue weighted by Crippen LogP contribution is -2.12. The summed E-state index contributed by atoms with van der Waals surface area (Å²) in [4.78, 5) is 21.3. The zero-order chi connectivity index (χ0) is 23.0. The van der Waals surface area contributed by atoms with Gasteiger partial charge in [0.25, 0.3) is 5.91 Å². The lowest BCUT2D eigenvalue weighted by molar-refractivity contribution is 0.102. The van der Waals surface area contributed by atoms with E-state index in [0.29, 0.717) is 40.6 Å². The largest absolute Gasteiger partial charge is 0.493 e. The number of nitrogens with two attached hydrogens (primary N) is 2. The summed E-state index contributed by atoms with van der Waals surface area (Å²) in [5.41, 5.74) is 12.8. The van der Waals surface area contributed by atoms with Crippen LogP contribution in [0, 0.1) is 0 Å². The fourth-order valence-corrected chi connectivity index (χ4v) is 3.21. The number of carbonyl (C=O) groups is 1. The Hall–Kier alpha value is -4.43. The van der Waals surface area contributed by atoms with Crippen LogP contribution in [0.25, 0.3) is 11.4 Å². The highest BCUT2D eigenvalue weighted by atomic mass is 16.5. The summed E-state index contributed by atoms with van der Waals surface area (Å²) < 4.78 is 5.79. The van der Waals surface area contributed by atoms with Crippen molar-refractivity contribution in [2.24, 2.45) is 5.84 Å². The van der Waals surface area contributed by atoms with E-state index in [-0.39, 0.29) is 5.91 Å². The Balaban J connectivity index is 1.37. The number of benzene rings is 2. The number of rotatable bonds is 8. The monoisotopic (exact) mass is 440 g/mol. The van der Waals surface area contributed by atoms with Crippen molar-refractivity contribution in [2.75, 3.05) is 23.1 Å². The van der Waals surface area contributed by atoms with Gasteiger partial charge in [0.15, 0.2) is 0 Å². The minimum absolute atomic E-state index is 0.260. The Morgan fingerprint density at radius 1 is 0.939 bits per heavy atom. The first-order valence-electron chi connectivity index (χ1n) is 10.4. The van der Waals surface area contributed by atoms with Gasteiger partial charge in [-0.15, -0.1) is 0 Å². The van der Waals surface area contributed by atoms with Crippen LogP contribution in [0.3, 0.4) is 0 Å². The van der Waals surface area contributed by atoms with Gasteiger partial charge in [-0.05, 0) is 48.0 Å². The summed E-state index contributed by atoms with van der Waals surface area (Å²) in [6.07, 6.45) is 3.90. The molecule has 8 nitrogen and oxygen atoms in total. The fourth-order valence-electron chi connectivity index (χ4n) is 3.21. The van der Waals surface area contributed by atoms with Crippen LogP contribution in [0.15, 0.2) is 85.2 Å². The maximum Gasteiger partial charge on any atom is 0.255 e. The predicted octanol–water partition coefficient (Wildman–Crippen LogP) is 3.89. The third-order valence-electron chi connectivity index (χ3n) is 4.99. The van der Waals surface area contributed by atoms with Gasteiger partial charge in [-0.25, -0.2) is 0 Å². The molecule has 0 aliphatic heterocycles. The normalized spacial score (nSPS) is 10.5. The number of hydrogen-bond acceptors (Lipinski definition) is 7. The second-order valence-corrected chi connectivity index (χ2v) is 7.29. The van der Waals surface area contributed by atoms with Crippen LogP contribution in [0.4, 0.5) is 17.1 Å². The Morgan fingerprint density at radius 2 is 1.70 bits per heavy atom. The highest BCUT2D eigenvalue weighted by molar-refractivity contribution is 6.04. The molecule has 2 aromatic heterocycles. The number of aromatic nitrogens is 2. The van der Waals surface area contributed by atoms with Gasteiger partial charge >= 0.3 is 0 Å². The van der Waals surface area contributed by atoms with E-state index in [9.17, 15) is 4.79 Å². The van der Waals surface area contributed by atoms with Gasteiger partial charge in [0.1, 0.15) is 5.75 Å². The average molecular weight is 441 g/mol. The van der Waals surface area contributed by atoms with Crippen LogP contribution < -0.4 is 27.1 Å². The molecule has 0 unspecified atom stereocenters. The van der Waals surface area contributed by atoms with E-state index in [0.717, 1.165) is 12.2 Å². The second kappa shape index (κ2) is 10.3. The Bertz CT molecular complexity index is 1230. The predicted molar refractivity (Wildman–Crippen MR) is 130 cm³/mol. The fraction of sp³-hybridized carbons (Fsp3) is 0.0800. The molecular weight excluding hydrogens is 416 g/mol. The molecule has 0 saturated carbocycles. The van der Waals surface area contributed by atoms with Crippen molar-refractivity contribution in [1.82, 2.24) is 9.97 Å². The van der Waals surface area contributed by atoms with E-state index >= 15 is 0 Å². The number of amides is 1. The maximum atomic E-state index is 12.7. The molecule has 0 atom stereocenters. The number of ether oxygens (including phenoxy) is 1. The molecule has 0 saturated heterocycles. The van der Waals surface area contributed by atoms with Crippen molar-refractivity contribution in [2.45, 2.75) is 6.42 Å². The Morgan fingerprint density at radius 3 is 2.42 bits per heavy atom. The first-order chi connectivity index (χ1) is 16.1. The van der Waals surface area contributed by atoms with E-state index in [4.69, 9.17) is 16.3 Å². The van der Waals surface area contributed by atoms with Gasteiger partial charge in [-0.1, -0.05) is 30.3 Å². The number of nitrogens with zero attached hydrogens (tertiary/aromatic N) is 2. The molecule has 33 heavy (non-hydrogen) atoms. The first-order valence-corrected chi connectivity index (χ1v) is 10.4. The quantitative estimate of drug-likeness (QED) is 0.242. The molecule has 166 valence electrons. The lowest BCUT2D eigenvalue weighted by atomic mass is 10.1. The van der Waals surface area contributed by atoms with Crippen LogP contribution in [-0.4, -0.2) is 22.5 Å². The van der Waals surface area contributed by atoms with E-state index in [1.165, 1.54) is 11.8 Å². The average Bonchev–Trinajstić information content (AvgIpc) is 2.86. The molecule has 0 aliphatic carbocycles. The van der Waals surface area contributed by atoms with Crippen LogP contribution in [0.5, 0.6) is 5.75 Å². The zero-order valence-corrected chi connectivity index (χ0v) is 17.9. The van der Waals surface area contributed by atoms with Gasteiger partial charge in [0.05, 0.1) is 35.6 Å². The molecular formula is C25H24N6O2. The number of carbonyl (C=O) groups excluding carboxylic acids is 1. The summed E-state index contributed by atoms with van der Waals surface area (Å²) >= 11 is 0. The SMILES string of the molecule is NNc1cnc(-c2cc(C(=O)Nc3ccc(OCCc4ccccc4)cc3)ccn2)cc1N. The molecule has 6 N–H and O–H groups in total. The van der Waals surface area contributed by atoms with Crippen molar-refractivity contribution in [1.29, 1.82) is 0 Å².